The Morgan fingerprint density at radius 1 is 0.583 bits per heavy atom. The Labute approximate surface area is 241 Å². The van der Waals surface area contributed by atoms with E-state index in [1.807, 2.05) is 12.1 Å². The topological polar surface area (TPSA) is 51.4 Å². The summed E-state index contributed by atoms with van der Waals surface area (Å²) in [6, 6.07) is 16.4. The van der Waals surface area contributed by atoms with Gasteiger partial charge in [-0.1, -0.05) is 46.4 Å². The molecule has 1 heterocycles. The Morgan fingerprint density at radius 2 is 1.06 bits per heavy atom. The van der Waals surface area contributed by atoms with Crippen LogP contribution in [0.2, 0.25) is 20.1 Å². The third-order valence-corrected chi connectivity index (χ3v) is 6.72. The zero-order valence-electron chi connectivity index (χ0n) is 19.0. The molecule has 1 saturated heterocycles. The van der Waals surface area contributed by atoms with Crippen LogP contribution in [-0.4, -0.2) is 23.3 Å². The van der Waals surface area contributed by atoms with Crippen molar-refractivity contribution in [1.82, 2.24) is 0 Å². The lowest BCUT2D eigenvalue weighted by molar-refractivity contribution is 0.578. The van der Waals surface area contributed by atoms with Gasteiger partial charge in [-0.3, -0.25) is 0 Å². The van der Waals surface area contributed by atoms with Crippen LogP contribution in [0, 0.1) is 0 Å². The van der Waals surface area contributed by atoms with Gasteiger partial charge in [0, 0.05) is 50.2 Å². The van der Waals surface area contributed by atoms with Gasteiger partial charge in [-0.05, 0) is 98.3 Å². The first-order valence-electron chi connectivity index (χ1n) is 11.2. The van der Waals surface area contributed by atoms with Gasteiger partial charge in [-0.2, -0.15) is 0 Å². The second-order valence-electron chi connectivity index (χ2n) is 8.25. The molecule has 36 heavy (non-hydrogen) atoms. The molecule has 0 aromatic heterocycles. The summed E-state index contributed by atoms with van der Waals surface area (Å²) in [5.41, 5.74) is 4.09. The predicted molar refractivity (Wildman–Crippen MR) is 165 cm³/mol. The highest BCUT2D eigenvalue weighted by Gasteiger charge is 2.16. The van der Waals surface area contributed by atoms with Gasteiger partial charge in [0.05, 0.1) is 11.4 Å². The van der Waals surface area contributed by atoms with Crippen LogP contribution in [0.15, 0.2) is 54.6 Å². The smallest absolute Gasteiger partial charge is 0.175 e. The summed E-state index contributed by atoms with van der Waals surface area (Å²) in [6.07, 6.45) is 3.54. The zero-order chi connectivity index (χ0) is 25.7. The summed E-state index contributed by atoms with van der Waals surface area (Å²) in [7, 11) is 0. The summed E-state index contributed by atoms with van der Waals surface area (Å²) in [5.74, 6) is 0. The molecule has 0 amide bonds. The fourth-order valence-corrected chi connectivity index (χ4v) is 5.47. The standard InChI is InChI=1S/C25H23Cl4N5S2/c26-15-8-16(27)11-20(10-15)31-24(35)30-19-4-5-23(34-6-2-1-3-7-34)22(14-19)33-25(36)32-21-12-17(28)9-18(29)13-21/h4-5,8-14H,1-3,6-7H2,(H2,30,31,35)(H2,32,33,36). The largest absolute Gasteiger partial charge is 0.370 e. The molecule has 0 radical (unpaired) electrons. The normalized spacial score (nSPS) is 13.2. The van der Waals surface area contributed by atoms with Crippen molar-refractivity contribution < 1.29 is 0 Å². The lowest BCUT2D eigenvalue weighted by Gasteiger charge is -2.31. The van der Waals surface area contributed by atoms with Crippen LogP contribution in [0.1, 0.15) is 19.3 Å². The van der Waals surface area contributed by atoms with E-state index in [0.717, 1.165) is 43.0 Å². The number of benzene rings is 3. The van der Waals surface area contributed by atoms with Gasteiger partial charge < -0.3 is 26.2 Å². The van der Waals surface area contributed by atoms with E-state index in [1.54, 1.807) is 36.4 Å². The van der Waals surface area contributed by atoms with E-state index in [0.29, 0.717) is 41.7 Å². The van der Waals surface area contributed by atoms with Crippen molar-refractivity contribution in [3.63, 3.8) is 0 Å². The maximum absolute atomic E-state index is 6.13. The van der Waals surface area contributed by atoms with Crippen LogP contribution in [0.3, 0.4) is 0 Å². The van der Waals surface area contributed by atoms with Crippen molar-refractivity contribution in [2.45, 2.75) is 19.3 Å². The number of halogens is 4. The molecule has 1 aliphatic rings. The highest BCUT2D eigenvalue weighted by Crippen LogP contribution is 2.32. The number of nitrogens with zero attached hydrogens (tertiary/aromatic N) is 1. The van der Waals surface area contributed by atoms with Crippen molar-refractivity contribution >= 4 is 110 Å². The SMILES string of the molecule is S=C(Nc1cc(Cl)cc(Cl)c1)Nc1ccc(N2CCCCC2)c(NC(=S)Nc2cc(Cl)cc(Cl)c2)c1. The number of hydrogen-bond donors (Lipinski definition) is 4. The molecule has 3 aromatic rings. The molecule has 0 spiro atoms. The Balaban J connectivity index is 1.52. The highest BCUT2D eigenvalue weighted by molar-refractivity contribution is 7.81. The van der Waals surface area contributed by atoms with Gasteiger partial charge in [-0.15, -0.1) is 0 Å². The number of nitrogens with one attached hydrogen (secondary N) is 4. The Hall–Kier alpha value is -2.00. The Bertz CT molecular complexity index is 1240. The van der Waals surface area contributed by atoms with Gasteiger partial charge in [-0.25, -0.2) is 0 Å². The first-order valence-corrected chi connectivity index (χ1v) is 13.6. The van der Waals surface area contributed by atoms with E-state index in [9.17, 15) is 0 Å². The monoisotopic (exact) mass is 597 g/mol. The van der Waals surface area contributed by atoms with E-state index in [2.05, 4.69) is 32.2 Å². The Kier molecular flexibility index (Phi) is 9.39. The van der Waals surface area contributed by atoms with Gasteiger partial charge in [0.2, 0.25) is 0 Å². The quantitative estimate of drug-likeness (QED) is 0.219. The van der Waals surface area contributed by atoms with E-state index in [-0.39, 0.29) is 0 Å². The van der Waals surface area contributed by atoms with Crippen LogP contribution in [-0.2, 0) is 0 Å². The second-order valence-corrected chi connectivity index (χ2v) is 10.8. The first-order chi connectivity index (χ1) is 17.2. The number of piperidine rings is 1. The summed E-state index contributed by atoms with van der Waals surface area (Å²) in [6.45, 7) is 1.97. The summed E-state index contributed by atoms with van der Waals surface area (Å²) >= 11 is 35.5. The van der Waals surface area contributed by atoms with Crippen LogP contribution >= 0.6 is 70.8 Å². The van der Waals surface area contributed by atoms with E-state index < -0.39 is 0 Å². The lowest BCUT2D eigenvalue weighted by atomic mass is 10.1. The van der Waals surface area contributed by atoms with E-state index in [4.69, 9.17) is 70.8 Å². The zero-order valence-corrected chi connectivity index (χ0v) is 23.7. The fourth-order valence-electron chi connectivity index (χ4n) is 3.95. The number of thiocarbonyl (C=S) groups is 2. The summed E-state index contributed by atoms with van der Waals surface area (Å²) in [5, 5.41) is 15.7. The second kappa shape index (κ2) is 12.5. The Morgan fingerprint density at radius 3 is 1.58 bits per heavy atom. The molecule has 0 unspecified atom stereocenters. The van der Waals surface area contributed by atoms with Crippen molar-refractivity contribution in [3.05, 3.63) is 74.7 Å². The summed E-state index contributed by atoms with van der Waals surface area (Å²) < 4.78 is 0. The molecular weight excluding hydrogens is 576 g/mol. The predicted octanol–water partition coefficient (Wildman–Crippen LogP) is 8.91. The van der Waals surface area contributed by atoms with E-state index in [1.165, 1.54) is 6.42 Å². The molecule has 1 aliphatic heterocycles. The maximum atomic E-state index is 6.13. The number of rotatable bonds is 5. The average molecular weight is 599 g/mol. The molecule has 11 heteroatoms. The van der Waals surface area contributed by atoms with Gasteiger partial charge >= 0.3 is 0 Å². The van der Waals surface area contributed by atoms with E-state index >= 15 is 0 Å². The fraction of sp³-hybridized carbons (Fsp3) is 0.200. The first kappa shape index (κ1) is 27.0. The van der Waals surface area contributed by atoms with Crippen molar-refractivity contribution in [3.8, 4) is 0 Å². The van der Waals surface area contributed by atoms with Gasteiger partial charge in [0.1, 0.15) is 0 Å². The van der Waals surface area contributed by atoms with Gasteiger partial charge in [0.25, 0.3) is 0 Å². The van der Waals surface area contributed by atoms with Crippen LogP contribution < -0.4 is 26.2 Å². The summed E-state index contributed by atoms with van der Waals surface area (Å²) in [4.78, 5) is 2.36. The minimum Gasteiger partial charge on any atom is -0.370 e. The van der Waals surface area contributed by atoms with Crippen molar-refractivity contribution in [2.24, 2.45) is 0 Å². The molecule has 3 aromatic carbocycles. The highest BCUT2D eigenvalue weighted by atomic mass is 35.5. The minimum absolute atomic E-state index is 0.402. The van der Waals surface area contributed by atoms with Crippen LogP contribution in [0.25, 0.3) is 0 Å². The molecule has 0 atom stereocenters. The molecule has 1 fully saturated rings. The molecule has 188 valence electrons. The third kappa shape index (κ3) is 7.75. The minimum atomic E-state index is 0.402. The molecule has 0 bridgehead atoms. The molecule has 0 aliphatic carbocycles. The average Bonchev–Trinajstić information content (AvgIpc) is 2.78. The van der Waals surface area contributed by atoms with Crippen LogP contribution in [0.5, 0.6) is 0 Å². The van der Waals surface area contributed by atoms with Crippen molar-refractivity contribution in [2.75, 3.05) is 39.3 Å². The number of hydrogen-bond acceptors (Lipinski definition) is 3. The molecular formula is C25H23Cl4N5S2. The molecule has 4 rings (SSSR count). The molecule has 0 saturated carbocycles. The van der Waals surface area contributed by atoms with Gasteiger partial charge in [0.15, 0.2) is 10.2 Å². The number of anilines is 5. The maximum Gasteiger partial charge on any atom is 0.175 e. The van der Waals surface area contributed by atoms with Crippen molar-refractivity contribution in [1.29, 1.82) is 0 Å². The molecule has 5 nitrogen and oxygen atoms in total. The van der Waals surface area contributed by atoms with Crippen LogP contribution in [0.4, 0.5) is 28.4 Å². The lowest BCUT2D eigenvalue weighted by Crippen LogP contribution is -2.31. The third-order valence-electron chi connectivity index (χ3n) is 5.44. The molecule has 4 N–H and O–H groups in total.